The molecule has 5 nitrogen and oxygen atoms in total. The minimum Gasteiger partial charge on any atom is -0.339 e. The Bertz CT molecular complexity index is 668. The van der Waals surface area contributed by atoms with Crippen molar-refractivity contribution in [2.24, 2.45) is 11.7 Å². The molecule has 1 amide bonds. The number of hydrogen-bond acceptors (Lipinski definition) is 3. The third-order valence-corrected chi connectivity index (χ3v) is 4.25. The second kappa shape index (κ2) is 7.57. The molecular formula is C16H20ClFN4O. The van der Waals surface area contributed by atoms with Crippen molar-refractivity contribution in [2.45, 2.75) is 12.8 Å². The third-order valence-electron chi connectivity index (χ3n) is 4.25. The molecule has 1 saturated heterocycles. The summed E-state index contributed by atoms with van der Waals surface area (Å²) in [6.07, 6.45) is 3.30. The van der Waals surface area contributed by atoms with Crippen molar-refractivity contribution >= 4 is 18.3 Å². The zero-order valence-electron chi connectivity index (χ0n) is 12.7. The van der Waals surface area contributed by atoms with Crippen LogP contribution in [-0.2, 0) is 0 Å². The molecule has 1 aliphatic heterocycles. The van der Waals surface area contributed by atoms with Crippen molar-refractivity contribution in [3.8, 4) is 11.3 Å². The van der Waals surface area contributed by atoms with Crippen LogP contribution in [0.3, 0.4) is 0 Å². The molecule has 3 N–H and O–H groups in total. The summed E-state index contributed by atoms with van der Waals surface area (Å²) in [6.45, 7) is 2.03. The van der Waals surface area contributed by atoms with Crippen LogP contribution in [0.2, 0.25) is 0 Å². The van der Waals surface area contributed by atoms with Gasteiger partial charge in [0.05, 0.1) is 17.5 Å². The van der Waals surface area contributed by atoms with Gasteiger partial charge >= 0.3 is 0 Å². The van der Waals surface area contributed by atoms with Crippen molar-refractivity contribution in [2.75, 3.05) is 19.6 Å². The first-order chi connectivity index (χ1) is 10.7. The van der Waals surface area contributed by atoms with Gasteiger partial charge < -0.3 is 10.6 Å². The van der Waals surface area contributed by atoms with Gasteiger partial charge in [-0.05, 0) is 37.4 Å². The highest BCUT2D eigenvalue weighted by Crippen LogP contribution is 2.26. The third kappa shape index (κ3) is 3.54. The lowest BCUT2D eigenvalue weighted by molar-refractivity contribution is 0.0694. The number of rotatable bonds is 3. The summed E-state index contributed by atoms with van der Waals surface area (Å²) < 4.78 is 13.9. The molecular weight excluding hydrogens is 319 g/mol. The van der Waals surface area contributed by atoms with Gasteiger partial charge in [0.2, 0.25) is 0 Å². The van der Waals surface area contributed by atoms with Gasteiger partial charge in [-0.2, -0.15) is 5.10 Å². The maximum atomic E-state index is 13.9. The predicted octanol–water partition coefficient (Wildman–Crippen LogP) is 2.45. The number of nitrogens with one attached hydrogen (secondary N) is 1. The Morgan fingerprint density at radius 2 is 2.04 bits per heavy atom. The number of amides is 1. The number of piperidine rings is 1. The number of carbonyl (C=O) groups is 1. The molecule has 23 heavy (non-hydrogen) atoms. The van der Waals surface area contributed by atoms with Gasteiger partial charge in [-0.15, -0.1) is 12.4 Å². The quantitative estimate of drug-likeness (QED) is 0.902. The van der Waals surface area contributed by atoms with E-state index in [1.54, 1.807) is 23.1 Å². The fraction of sp³-hybridized carbons (Fsp3) is 0.375. The van der Waals surface area contributed by atoms with Crippen molar-refractivity contribution in [1.82, 2.24) is 15.1 Å². The van der Waals surface area contributed by atoms with E-state index in [1.165, 1.54) is 12.3 Å². The summed E-state index contributed by atoms with van der Waals surface area (Å²) in [5.41, 5.74) is 6.88. The normalized spacial score (nSPS) is 15.3. The molecule has 0 aliphatic carbocycles. The van der Waals surface area contributed by atoms with Gasteiger partial charge in [0.25, 0.3) is 5.91 Å². The van der Waals surface area contributed by atoms with E-state index in [2.05, 4.69) is 10.2 Å². The summed E-state index contributed by atoms with van der Waals surface area (Å²) in [5, 5.41) is 6.67. The van der Waals surface area contributed by atoms with Crippen molar-refractivity contribution in [3.05, 3.63) is 41.8 Å². The minimum absolute atomic E-state index is 0. The SMILES string of the molecule is Cl.NCC1CCN(C(=O)c2cn[nH]c2-c2ccccc2F)CC1. The first kappa shape index (κ1) is 17.4. The van der Waals surface area contributed by atoms with Gasteiger partial charge in [-0.25, -0.2) is 4.39 Å². The number of H-pyrrole nitrogens is 1. The predicted molar refractivity (Wildman–Crippen MR) is 88.9 cm³/mol. The number of benzene rings is 1. The van der Waals surface area contributed by atoms with E-state index in [0.29, 0.717) is 42.4 Å². The standard InChI is InChI=1S/C16H19FN4O.ClH/c17-14-4-2-1-3-12(14)15-13(10-19-20-15)16(22)21-7-5-11(9-18)6-8-21;/h1-4,10-11H,5-9,18H2,(H,19,20);1H. The largest absolute Gasteiger partial charge is 0.339 e. The van der Waals surface area contributed by atoms with Crippen molar-refractivity contribution < 1.29 is 9.18 Å². The Labute approximate surface area is 140 Å². The van der Waals surface area contributed by atoms with E-state index < -0.39 is 0 Å². The van der Waals surface area contributed by atoms with E-state index in [9.17, 15) is 9.18 Å². The first-order valence-corrected chi connectivity index (χ1v) is 7.48. The van der Waals surface area contributed by atoms with E-state index in [-0.39, 0.29) is 24.1 Å². The second-order valence-corrected chi connectivity index (χ2v) is 5.61. The monoisotopic (exact) mass is 338 g/mol. The smallest absolute Gasteiger partial charge is 0.257 e. The summed E-state index contributed by atoms with van der Waals surface area (Å²) in [5.74, 6) is 0.00422. The molecule has 1 aliphatic rings. The first-order valence-electron chi connectivity index (χ1n) is 7.48. The lowest BCUT2D eigenvalue weighted by Crippen LogP contribution is -2.40. The summed E-state index contributed by atoms with van der Waals surface area (Å²) in [6, 6.07) is 6.37. The fourth-order valence-corrected chi connectivity index (χ4v) is 2.86. The van der Waals surface area contributed by atoms with Crippen LogP contribution in [0.4, 0.5) is 4.39 Å². The zero-order chi connectivity index (χ0) is 15.5. The Morgan fingerprint density at radius 3 is 2.70 bits per heavy atom. The lowest BCUT2D eigenvalue weighted by Gasteiger charge is -2.31. The average molecular weight is 339 g/mol. The van der Waals surface area contributed by atoms with Crippen LogP contribution in [0.15, 0.2) is 30.5 Å². The Kier molecular flexibility index (Phi) is 5.74. The highest BCUT2D eigenvalue weighted by molar-refractivity contribution is 5.99. The molecule has 1 aromatic heterocycles. The summed E-state index contributed by atoms with van der Waals surface area (Å²) in [7, 11) is 0. The van der Waals surface area contributed by atoms with E-state index >= 15 is 0 Å². The number of aromatic nitrogens is 2. The van der Waals surface area contributed by atoms with Gasteiger partial charge in [0, 0.05) is 18.7 Å². The molecule has 0 bridgehead atoms. The fourth-order valence-electron chi connectivity index (χ4n) is 2.86. The molecule has 1 aromatic carbocycles. The molecule has 0 saturated carbocycles. The van der Waals surface area contributed by atoms with Crippen LogP contribution >= 0.6 is 12.4 Å². The van der Waals surface area contributed by atoms with E-state index in [0.717, 1.165) is 12.8 Å². The van der Waals surface area contributed by atoms with Crippen LogP contribution in [-0.4, -0.2) is 40.6 Å². The molecule has 124 valence electrons. The Hall–Kier alpha value is -1.92. The maximum Gasteiger partial charge on any atom is 0.257 e. The van der Waals surface area contributed by atoms with Crippen LogP contribution < -0.4 is 5.73 Å². The molecule has 3 rings (SSSR count). The molecule has 2 aromatic rings. The van der Waals surface area contributed by atoms with E-state index in [4.69, 9.17) is 5.73 Å². The highest BCUT2D eigenvalue weighted by Gasteiger charge is 2.26. The van der Waals surface area contributed by atoms with Crippen LogP contribution in [0.1, 0.15) is 23.2 Å². The Morgan fingerprint density at radius 1 is 1.35 bits per heavy atom. The van der Waals surface area contributed by atoms with E-state index in [1.807, 2.05) is 0 Å². The molecule has 0 radical (unpaired) electrons. The van der Waals surface area contributed by atoms with Gasteiger partial charge in [-0.3, -0.25) is 9.89 Å². The van der Waals surface area contributed by atoms with Gasteiger partial charge in [0.1, 0.15) is 5.82 Å². The number of halogens is 2. The number of nitrogens with zero attached hydrogens (tertiary/aromatic N) is 2. The molecule has 1 fully saturated rings. The lowest BCUT2D eigenvalue weighted by atomic mass is 9.96. The summed E-state index contributed by atoms with van der Waals surface area (Å²) in [4.78, 5) is 14.5. The van der Waals surface area contributed by atoms with Crippen LogP contribution in [0.5, 0.6) is 0 Å². The molecule has 7 heteroatoms. The summed E-state index contributed by atoms with van der Waals surface area (Å²) >= 11 is 0. The number of nitrogens with two attached hydrogens (primary N) is 1. The van der Waals surface area contributed by atoms with Crippen molar-refractivity contribution in [1.29, 1.82) is 0 Å². The molecule has 2 heterocycles. The average Bonchev–Trinajstić information content (AvgIpc) is 3.04. The zero-order valence-corrected chi connectivity index (χ0v) is 13.5. The number of carbonyl (C=O) groups excluding carboxylic acids is 1. The molecule has 0 spiro atoms. The molecule has 0 unspecified atom stereocenters. The van der Waals surface area contributed by atoms with Gasteiger partial charge in [-0.1, -0.05) is 12.1 Å². The van der Waals surface area contributed by atoms with Crippen molar-refractivity contribution in [3.63, 3.8) is 0 Å². The number of likely N-dealkylation sites (tertiary alicyclic amines) is 1. The van der Waals surface area contributed by atoms with Crippen LogP contribution in [0.25, 0.3) is 11.3 Å². The minimum atomic E-state index is -0.373. The Balaban J connectivity index is 0.00000192. The number of hydrogen-bond donors (Lipinski definition) is 2. The second-order valence-electron chi connectivity index (χ2n) is 5.61. The highest BCUT2D eigenvalue weighted by atomic mass is 35.5. The maximum absolute atomic E-state index is 13.9. The van der Waals surface area contributed by atoms with Gasteiger partial charge in [0.15, 0.2) is 0 Å². The van der Waals surface area contributed by atoms with Crippen LogP contribution in [0, 0.1) is 11.7 Å². The molecule has 0 atom stereocenters. The topological polar surface area (TPSA) is 75.0 Å². The number of aromatic amines is 1.